The summed E-state index contributed by atoms with van der Waals surface area (Å²) in [6, 6.07) is 11.9. The van der Waals surface area contributed by atoms with Crippen molar-refractivity contribution >= 4 is 45.8 Å². The van der Waals surface area contributed by atoms with Gasteiger partial charge in [-0.15, -0.1) is 0 Å². The van der Waals surface area contributed by atoms with Crippen molar-refractivity contribution in [2.24, 2.45) is 7.05 Å². The number of aromatic nitrogens is 2. The standard InChI is InChI=1S/C29H30Cl2N4O3/c1-17-15-34(12-13-35(17)19-8-9-20-22(29(36)37)16-33(2)25(20)14-19)11-10-21-27(32-38-28(21)18-6-7-18)26-23(30)4-3-5-24(26)31/h3-5,8-9,14,16-18H,6-7,10-13,15H2,1-2H3,(H,36,37). The summed E-state index contributed by atoms with van der Waals surface area (Å²) in [6.45, 7) is 5.89. The molecular weight excluding hydrogens is 523 g/mol. The van der Waals surface area contributed by atoms with Crippen molar-refractivity contribution in [3.63, 3.8) is 0 Å². The molecule has 2 aliphatic rings. The van der Waals surface area contributed by atoms with Crippen LogP contribution in [0, 0.1) is 0 Å². The van der Waals surface area contributed by atoms with Crippen molar-refractivity contribution in [1.29, 1.82) is 0 Å². The first-order valence-electron chi connectivity index (χ1n) is 13.1. The number of carboxylic acid groups (broad SMARTS) is 1. The van der Waals surface area contributed by atoms with Crippen LogP contribution in [0.25, 0.3) is 22.2 Å². The molecule has 9 heteroatoms. The van der Waals surface area contributed by atoms with Gasteiger partial charge in [-0.1, -0.05) is 34.4 Å². The van der Waals surface area contributed by atoms with E-state index in [1.807, 2.05) is 41.9 Å². The maximum absolute atomic E-state index is 11.6. The fourth-order valence-corrected chi connectivity index (χ4v) is 6.34. The number of aryl methyl sites for hydroxylation is 1. The summed E-state index contributed by atoms with van der Waals surface area (Å²) in [5.41, 5.74) is 5.03. The Balaban J connectivity index is 1.18. The predicted molar refractivity (Wildman–Crippen MR) is 151 cm³/mol. The predicted octanol–water partition coefficient (Wildman–Crippen LogP) is 6.47. The van der Waals surface area contributed by atoms with E-state index in [0.29, 0.717) is 27.6 Å². The van der Waals surface area contributed by atoms with E-state index in [9.17, 15) is 9.90 Å². The van der Waals surface area contributed by atoms with E-state index in [1.54, 1.807) is 6.20 Å². The molecule has 4 aromatic rings. The first-order chi connectivity index (χ1) is 18.3. The zero-order valence-corrected chi connectivity index (χ0v) is 23.0. The largest absolute Gasteiger partial charge is 0.478 e. The van der Waals surface area contributed by atoms with Gasteiger partial charge in [0.15, 0.2) is 0 Å². The van der Waals surface area contributed by atoms with Gasteiger partial charge in [-0.05, 0) is 56.5 Å². The second-order valence-corrected chi connectivity index (χ2v) is 11.3. The molecule has 2 fully saturated rings. The fraction of sp³-hybridized carbons (Fsp3) is 0.379. The summed E-state index contributed by atoms with van der Waals surface area (Å²) in [7, 11) is 1.89. The van der Waals surface area contributed by atoms with E-state index >= 15 is 0 Å². The van der Waals surface area contributed by atoms with Crippen molar-refractivity contribution in [3.8, 4) is 11.3 Å². The molecule has 0 amide bonds. The molecule has 7 nitrogen and oxygen atoms in total. The number of rotatable bonds is 7. The van der Waals surface area contributed by atoms with Crippen LogP contribution in [0.3, 0.4) is 0 Å². The number of fused-ring (bicyclic) bond motifs is 1. The van der Waals surface area contributed by atoms with E-state index in [1.165, 1.54) is 0 Å². The second-order valence-electron chi connectivity index (χ2n) is 10.5. The summed E-state index contributed by atoms with van der Waals surface area (Å²) in [5, 5.41) is 15.9. The third kappa shape index (κ3) is 4.57. The number of benzene rings is 2. The van der Waals surface area contributed by atoms with Gasteiger partial charge >= 0.3 is 5.97 Å². The molecular formula is C29H30Cl2N4O3. The van der Waals surface area contributed by atoms with Crippen LogP contribution in [0.2, 0.25) is 10.0 Å². The minimum atomic E-state index is -0.900. The molecule has 6 rings (SSSR count). The Morgan fingerprint density at radius 3 is 2.61 bits per heavy atom. The molecule has 2 aromatic heterocycles. The van der Waals surface area contributed by atoms with Crippen LogP contribution >= 0.6 is 23.2 Å². The van der Waals surface area contributed by atoms with Crippen LogP contribution in [-0.4, -0.2) is 57.9 Å². The Kier molecular flexibility index (Phi) is 6.62. The lowest BCUT2D eigenvalue weighted by Gasteiger charge is -2.41. The fourth-order valence-electron chi connectivity index (χ4n) is 5.76. The van der Waals surface area contributed by atoms with Crippen LogP contribution in [0.15, 0.2) is 47.1 Å². The van der Waals surface area contributed by atoms with Crippen LogP contribution in [0.4, 0.5) is 5.69 Å². The van der Waals surface area contributed by atoms with Crippen LogP contribution in [-0.2, 0) is 13.5 Å². The van der Waals surface area contributed by atoms with Gasteiger partial charge in [0, 0.05) is 73.6 Å². The van der Waals surface area contributed by atoms with Gasteiger partial charge in [-0.3, -0.25) is 4.90 Å². The number of aromatic carboxylic acids is 1. The molecule has 1 unspecified atom stereocenters. The lowest BCUT2D eigenvalue weighted by molar-refractivity contribution is 0.0699. The van der Waals surface area contributed by atoms with Gasteiger partial charge in [0.2, 0.25) is 0 Å². The molecule has 1 atom stereocenters. The maximum Gasteiger partial charge on any atom is 0.337 e. The van der Waals surface area contributed by atoms with Gasteiger partial charge in [-0.25, -0.2) is 4.79 Å². The molecule has 1 aliphatic carbocycles. The van der Waals surface area contributed by atoms with E-state index in [-0.39, 0.29) is 0 Å². The number of carboxylic acids is 1. The van der Waals surface area contributed by atoms with Gasteiger partial charge in [0.25, 0.3) is 0 Å². The molecule has 2 aromatic carbocycles. The minimum Gasteiger partial charge on any atom is -0.478 e. The Morgan fingerprint density at radius 1 is 1.16 bits per heavy atom. The van der Waals surface area contributed by atoms with Crippen LogP contribution in [0.5, 0.6) is 0 Å². The molecule has 0 radical (unpaired) electrons. The van der Waals surface area contributed by atoms with Crippen molar-refractivity contribution in [2.45, 2.75) is 38.1 Å². The highest BCUT2D eigenvalue weighted by Gasteiger charge is 2.34. The zero-order chi connectivity index (χ0) is 26.6. The molecule has 198 valence electrons. The van der Waals surface area contributed by atoms with Gasteiger partial charge in [0.1, 0.15) is 11.5 Å². The lowest BCUT2D eigenvalue weighted by Crippen LogP contribution is -2.52. The average Bonchev–Trinajstić information content (AvgIpc) is 3.57. The molecule has 0 bridgehead atoms. The summed E-state index contributed by atoms with van der Waals surface area (Å²) in [4.78, 5) is 16.5. The van der Waals surface area contributed by atoms with Gasteiger partial charge in [-0.2, -0.15) is 0 Å². The summed E-state index contributed by atoms with van der Waals surface area (Å²) in [5.74, 6) is 0.527. The highest BCUT2D eigenvalue weighted by atomic mass is 35.5. The Labute approximate surface area is 231 Å². The van der Waals surface area contributed by atoms with Crippen molar-refractivity contribution in [3.05, 3.63) is 69.5 Å². The third-order valence-corrected chi connectivity index (χ3v) is 8.52. The highest BCUT2D eigenvalue weighted by Crippen LogP contribution is 2.46. The van der Waals surface area contributed by atoms with Gasteiger partial charge < -0.3 is 19.1 Å². The normalized spacial score (nSPS) is 18.4. The molecule has 1 aliphatic heterocycles. The molecule has 38 heavy (non-hydrogen) atoms. The Morgan fingerprint density at radius 2 is 1.92 bits per heavy atom. The number of piperazine rings is 1. The summed E-state index contributed by atoms with van der Waals surface area (Å²) < 4.78 is 7.74. The second kappa shape index (κ2) is 9.95. The SMILES string of the molecule is CC1CN(CCc2c(-c3c(Cl)cccc3Cl)noc2C2CC2)CCN1c1ccc2c(C(=O)O)cn(C)c2c1. The molecule has 1 N–H and O–H groups in total. The monoisotopic (exact) mass is 552 g/mol. The van der Waals surface area contributed by atoms with E-state index in [2.05, 4.69) is 27.9 Å². The maximum atomic E-state index is 11.6. The van der Waals surface area contributed by atoms with E-state index in [4.69, 9.17) is 27.7 Å². The zero-order valence-electron chi connectivity index (χ0n) is 21.5. The average molecular weight is 553 g/mol. The van der Waals surface area contributed by atoms with Crippen molar-refractivity contribution in [1.82, 2.24) is 14.6 Å². The quantitative estimate of drug-likeness (QED) is 0.283. The molecule has 0 spiro atoms. The molecule has 1 saturated carbocycles. The lowest BCUT2D eigenvalue weighted by atomic mass is 10.0. The van der Waals surface area contributed by atoms with Gasteiger partial charge in [0.05, 0.1) is 21.1 Å². The topological polar surface area (TPSA) is 74.7 Å². The first kappa shape index (κ1) is 25.3. The smallest absolute Gasteiger partial charge is 0.337 e. The van der Waals surface area contributed by atoms with Crippen molar-refractivity contribution < 1.29 is 14.4 Å². The number of nitrogens with zero attached hydrogens (tertiary/aromatic N) is 4. The summed E-state index contributed by atoms with van der Waals surface area (Å²) >= 11 is 13.1. The number of hydrogen-bond donors (Lipinski definition) is 1. The first-order valence-corrected chi connectivity index (χ1v) is 13.8. The van der Waals surface area contributed by atoms with E-state index in [0.717, 1.165) is 84.6 Å². The number of carbonyl (C=O) groups is 1. The number of hydrogen-bond acceptors (Lipinski definition) is 5. The molecule has 3 heterocycles. The number of halogens is 2. The molecule has 1 saturated heterocycles. The summed E-state index contributed by atoms with van der Waals surface area (Å²) in [6.07, 6.45) is 4.77. The Hall–Kier alpha value is -3.00. The highest BCUT2D eigenvalue weighted by molar-refractivity contribution is 6.39. The minimum absolute atomic E-state index is 0.309. The van der Waals surface area contributed by atoms with Crippen LogP contribution < -0.4 is 4.90 Å². The Bertz CT molecular complexity index is 1500. The van der Waals surface area contributed by atoms with Crippen LogP contribution in [0.1, 0.15) is 47.4 Å². The van der Waals surface area contributed by atoms with Crippen molar-refractivity contribution in [2.75, 3.05) is 31.1 Å². The third-order valence-electron chi connectivity index (χ3n) is 7.89. The number of anilines is 1. The van der Waals surface area contributed by atoms with E-state index < -0.39 is 5.97 Å².